The molecule has 1 saturated carbocycles. The molecule has 2 amide bonds. The van der Waals surface area contributed by atoms with Gasteiger partial charge in [0.15, 0.2) is 0 Å². The Morgan fingerprint density at radius 2 is 1.48 bits per heavy atom. The van der Waals surface area contributed by atoms with Crippen LogP contribution in [0.4, 0.5) is 5.69 Å². The molecule has 0 saturated heterocycles. The minimum Gasteiger partial charge on any atom is -0.352 e. The molecule has 0 aliphatic heterocycles. The van der Waals surface area contributed by atoms with Gasteiger partial charge in [-0.05, 0) is 74.7 Å². The fraction of sp³-hybridized carbons (Fsp3) is 0.355. The van der Waals surface area contributed by atoms with Crippen molar-refractivity contribution in [1.29, 1.82) is 0 Å². The zero-order valence-electron chi connectivity index (χ0n) is 23.5. The lowest BCUT2D eigenvalue weighted by atomic mass is 9.95. The maximum Gasteiger partial charge on any atom is 0.264 e. The van der Waals surface area contributed by atoms with Gasteiger partial charge < -0.3 is 10.2 Å². The van der Waals surface area contributed by atoms with Crippen LogP contribution in [-0.2, 0) is 26.2 Å². The standard InChI is InChI=1S/C31H34Cl3N3O4S/c1-21-8-14-29(15-9-21)42(40,41)37(28-17-25(33)16-26(34)18-28)20-30(38)36(19-23-10-12-24(32)13-11-23)22(2)31(39)35-27-6-4-3-5-7-27/h8-18,22,27H,3-7,19-20H2,1-2H3,(H,35,39). The number of nitrogens with one attached hydrogen (secondary N) is 1. The molecular formula is C31H34Cl3N3O4S. The molecule has 0 bridgehead atoms. The van der Waals surface area contributed by atoms with Crippen LogP contribution < -0.4 is 9.62 Å². The van der Waals surface area contributed by atoms with E-state index in [-0.39, 0.29) is 39.1 Å². The molecule has 42 heavy (non-hydrogen) atoms. The van der Waals surface area contributed by atoms with Crippen LogP contribution in [0.25, 0.3) is 0 Å². The number of nitrogens with zero attached hydrogens (tertiary/aromatic N) is 2. The summed E-state index contributed by atoms with van der Waals surface area (Å²) in [5.74, 6) is -0.856. The van der Waals surface area contributed by atoms with E-state index in [1.165, 1.54) is 35.2 Å². The predicted octanol–water partition coefficient (Wildman–Crippen LogP) is 7.02. The number of carbonyl (C=O) groups excluding carboxylic acids is 2. The number of aryl methyl sites for hydroxylation is 1. The van der Waals surface area contributed by atoms with Crippen LogP contribution in [-0.4, -0.2) is 43.8 Å². The molecule has 0 radical (unpaired) electrons. The Hall–Kier alpha value is -2.78. The first-order valence-corrected chi connectivity index (χ1v) is 16.4. The van der Waals surface area contributed by atoms with Gasteiger partial charge in [-0.15, -0.1) is 0 Å². The van der Waals surface area contributed by atoms with E-state index in [4.69, 9.17) is 34.8 Å². The van der Waals surface area contributed by atoms with Crippen LogP contribution in [0.3, 0.4) is 0 Å². The Bertz CT molecular complexity index is 1490. The van der Waals surface area contributed by atoms with E-state index in [2.05, 4.69) is 5.32 Å². The van der Waals surface area contributed by atoms with Crippen LogP contribution in [0.2, 0.25) is 15.1 Å². The molecule has 7 nitrogen and oxygen atoms in total. The summed E-state index contributed by atoms with van der Waals surface area (Å²) in [6.45, 7) is 3.00. The Morgan fingerprint density at radius 3 is 2.07 bits per heavy atom. The third-order valence-corrected chi connectivity index (χ3v) is 9.88. The number of benzene rings is 3. The van der Waals surface area contributed by atoms with Crippen LogP contribution in [0.5, 0.6) is 0 Å². The highest BCUT2D eigenvalue weighted by atomic mass is 35.5. The topological polar surface area (TPSA) is 86.8 Å². The SMILES string of the molecule is Cc1ccc(S(=O)(=O)N(CC(=O)N(Cc2ccc(Cl)cc2)C(C)C(=O)NC2CCCCC2)c2cc(Cl)cc(Cl)c2)cc1. The number of sulfonamides is 1. The zero-order valence-corrected chi connectivity index (χ0v) is 26.6. The number of halogens is 3. The molecule has 1 atom stereocenters. The summed E-state index contributed by atoms with van der Waals surface area (Å²) < 4.78 is 28.9. The Morgan fingerprint density at radius 1 is 0.881 bits per heavy atom. The van der Waals surface area contributed by atoms with Crippen molar-refractivity contribution in [1.82, 2.24) is 10.2 Å². The summed E-state index contributed by atoms with van der Waals surface area (Å²) in [4.78, 5) is 28.9. The van der Waals surface area contributed by atoms with E-state index in [0.717, 1.165) is 47.5 Å². The minimum atomic E-state index is -4.23. The first kappa shape index (κ1) is 32.1. The Balaban J connectivity index is 1.69. The highest BCUT2D eigenvalue weighted by Crippen LogP contribution is 2.30. The van der Waals surface area contributed by atoms with Gasteiger partial charge in [-0.1, -0.05) is 83.9 Å². The summed E-state index contributed by atoms with van der Waals surface area (Å²) >= 11 is 18.6. The number of amides is 2. The van der Waals surface area contributed by atoms with Gasteiger partial charge in [-0.3, -0.25) is 13.9 Å². The summed E-state index contributed by atoms with van der Waals surface area (Å²) in [6.07, 6.45) is 5.01. The quantitative estimate of drug-likeness (QED) is 0.256. The first-order valence-electron chi connectivity index (χ1n) is 13.8. The molecule has 4 rings (SSSR count). The van der Waals surface area contributed by atoms with E-state index in [0.29, 0.717) is 5.02 Å². The monoisotopic (exact) mass is 649 g/mol. The van der Waals surface area contributed by atoms with Crippen LogP contribution in [0.15, 0.2) is 71.6 Å². The average molecular weight is 651 g/mol. The second-order valence-corrected chi connectivity index (χ2v) is 13.8. The Kier molecular flexibility index (Phi) is 10.8. The fourth-order valence-electron chi connectivity index (χ4n) is 4.99. The van der Waals surface area contributed by atoms with Crippen molar-refractivity contribution in [2.24, 2.45) is 0 Å². The minimum absolute atomic E-state index is 0.00402. The second kappa shape index (κ2) is 14.1. The molecule has 1 aliphatic carbocycles. The number of rotatable bonds is 10. The normalized spacial score (nSPS) is 14.7. The molecule has 1 unspecified atom stereocenters. The van der Waals surface area contributed by atoms with Gasteiger partial charge in [-0.25, -0.2) is 8.42 Å². The maximum atomic E-state index is 14.1. The molecule has 224 valence electrons. The highest BCUT2D eigenvalue weighted by molar-refractivity contribution is 7.92. The van der Waals surface area contributed by atoms with Gasteiger partial charge in [0.2, 0.25) is 11.8 Å². The van der Waals surface area contributed by atoms with Gasteiger partial charge in [0.25, 0.3) is 10.0 Å². The lowest BCUT2D eigenvalue weighted by molar-refractivity contribution is -0.139. The molecule has 1 N–H and O–H groups in total. The summed E-state index contributed by atoms with van der Waals surface area (Å²) in [5.41, 5.74) is 1.75. The van der Waals surface area contributed by atoms with Crippen LogP contribution in [0.1, 0.15) is 50.2 Å². The summed E-state index contributed by atoms with van der Waals surface area (Å²) in [5, 5.41) is 4.05. The van der Waals surface area contributed by atoms with E-state index in [1.807, 2.05) is 6.92 Å². The molecule has 1 fully saturated rings. The van der Waals surface area contributed by atoms with E-state index >= 15 is 0 Å². The lowest BCUT2D eigenvalue weighted by Crippen LogP contribution is -2.53. The van der Waals surface area contributed by atoms with E-state index < -0.39 is 28.5 Å². The smallest absolute Gasteiger partial charge is 0.264 e. The number of hydrogen-bond acceptors (Lipinski definition) is 4. The molecule has 3 aromatic rings. The van der Waals surface area contributed by atoms with E-state index in [1.54, 1.807) is 43.3 Å². The second-order valence-electron chi connectivity index (χ2n) is 10.6. The maximum absolute atomic E-state index is 14.1. The van der Waals surface area contributed by atoms with Crippen molar-refractivity contribution in [3.63, 3.8) is 0 Å². The average Bonchev–Trinajstić information content (AvgIpc) is 2.95. The predicted molar refractivity (Wildman–Crippen MR) is 169 cm³/mol. The van der Waals surface area contributed by atoms with Gasteiger partial charge in [-0.2, -0.15) is 0 Å². The number of carbonyl (C=O) groups is 2. The van der Waals surface area contributed by atoms with Gasteiger partial charge in [0.1, 0.15) is 12.6 Å². The van der Waals surface area contributed by atoms with Crippen molar-refractivity contribution in [2.45, 2.75) is 69.5 Å². The largest absolute Gasteiger partial charge is 0.352 e. The summed E-state index contributed by atoms with van der Waals surface area (Å²) in [6, 6.07) is 16.8. The summed E-state index contributed by atoms with van der Waals surface area (Å²) in [7, 11) is -4.23. The van der Waals surface area contributed by atoms with Crippen molar-refractivity contribution in [3.05, 3.63) is 92.9 Å². The van der Waals surface area contributed by atoms with Crippen molar-refractivity contribution < 1.29 is 18.0 Å². The third-order valence-electron chi connectivity index (χ3n) is 7.41. The van der Waals surface area contributed by atoms with Gasteiger partial charge in [0.05, 0.1) is 10.6 Å². The fourth-order valence-corrected chi connectivity index (χ4v) is 7.03. The molecule has 0 heterocycles. The van der Waals surface area contributed by atoms with Gasteiger partial charge in [0, 0.05) is 27.7 Å². The van der Waals surface area contributed by atoms with E-state index in [9.17, 15) is 18.0 Å². The molecule has 3 aromatic carbocycles. The zero-order chi connectivity index (χ0) is 30.4. The highest BCUT2D eigenvalue weighted by Gasteiger charge is 2.33. The molecule has 1 aliphatic rings. The van der Waals surface area contributed by atoms with Crippen LogP contribution in [0, 0.1) is 6.92 Å². The van der Waals surface area contributed by atoms with Gasteiger partial charge >= 0.3 is 0 Å². The van der Waals surface area contributed by atoms with Crippen molar-refractivity contribution >= 4 is 62.3 Å². The van der Waals surface area contributed by atoms with Crippen LogP contribution >= 0.6 is 34.8 Å². The van der Waals surface area contributed by atoms with Crippen molar-refractivity contribution in [2.75, 3.05) is 10.8 Å². The molecular weight excluding hydrogens is 617 g/mol. The third kappa shape index (κ3) is 8.19. The molecule has 0 aromatic heterocycles. The molecule has 0 spiro atoms. The lowest BCUT2D eigenvalue weighted by Gasteiger charge is -2.33. The first-order chi connectivity index (χ1) is 19.9. The number of hydrogen-bond donors (Lipinski definition) is 1. The number of anilines is 1. The Labute approximate surface area is 262 Å². The molecule has 11 heteroatoms. The van der Waals surface area contributed by atoms with Crippen molar-refractivity contribution in [3.8, 4) is 0 Å².